The zero-order chi connectivity index (χ0) is 85.6. The molecule has 5 aromatic rings. The molecule has 650 valence electrons. The molecule has 0 spiro atoms. The lowest BCUT2D eigenvalue weighted by Gasteiger charge is -2.56. The Morgan fingerprint density at radius 3 is 1.26 bits per heavy atom. The maximum absolute atomic E-state index is 13.2. The second-order valence-corrected chi connectivity index (χ2v) is 45.8. The molecule has 12 aliphatic carbocycles. The number of carbonyl (C=O) groups excluding carboxylic acids is 4. The van der Waals surface area contributed by atoms with Crippen molar-refractivity contribution in [2.24, 2.45) is 74.9 Å². The number of Topliss-reactive ketones (excluding diaryl/α,β-unsaturated/α-hetero) is 1. The van der Waals surface area contributed by atoms with Crippen LogP contribution >= 0.6 is 0 Å². The van der Waals surface area contributed by atoms with E-state index in [-0.39, 0.29) is 62.6 Å². The standard InChI is InChI=1S/C19H17OS.C17H25O3S.C15H19F5O2.C14H20F2O2.C14H21S.C13H18F2O5S/c1-20-16-12-14-19(15-13-16)21(17-8-4-2-5-9-17)18-10-6-3-7-11-18;1-17(2,3)16(21-11-9-20-10-12-21)15(18)13-5-7-14(19-4)8-6-13;1-13(16,17)11(15(18,19)20)22-12(21)14-5-8-2-9(6-14)4-10(3-8)7-14;1-13(15,16)12(17)18-8-14-5-9-2-10(6-14)4-11(3-9)7-14;1-14(2,3)12-6-8-13(9-7-12)15-10-4-5-11-15;14-13(15,21(17,18)19)7-20-11(16)12-4-8-1-9(5-12)3-10(2-8)6-12/h2-15H,1H3;5-8,16H,9-12H2,1-4H3;8-11H,2-7H2,1H3;9-11H,2-8H2,1H3;6-9H,4-5,10-11H2,1-3H3;8-10H,1-7H2,(H,17,18,19)/q2*+1;;;+1;/p-1. The lowest BCUT2D eigenvalue weighted by atomic mass is 9.49. The first-order valence-electron chi connectivity index (χ1n) is 41.8. The summed E-state index contributed by atoms with van der Waals surface area (Å²) in [4.78, 5) is 54.3. The Bertz CT molecular complexity index is 4090. The number of hydrogen-bond acceptors (Lipinski definition) is 13. The van der Waals surface area contributed by atoms with Crippen LogP contribution in [0.15, 0.2) is 153 Å². The van der Waals surface area contributed by atoms with Gasteiger partial charge in [0, 0.05) is 52.0 Å². The number of carbonyl (C=O) groups is 4. The average Bonchev–Trinajstić information content (AvgIpc) is 0.792. The van der Waals surface area contributed by atoms with Gasteiger partial charge in [-0.05, 0) is 278 Å². The molecule has 12 saturated carbocycles. The highest BCUT2D eigenvalue weighted by molar-refractivity contribution is 7.98. The molecule has 2 heterocycles. The molecule has 0 radical (unpaired) electrons. The Labute approximate surface area is 700 Å². The number of benzene rings is 5. The number of alkyl halides is 9. The number of ether oxygens (including phenoxy) is 6. The predicted molar refractivity (Wildman–Crippen MR) is 442 cm³/mol. The molecule has 26 heteroatoms. The molecule has 2 unspecified atom stereocenters. The lowest BCUT2D eigenvalue weighted by molar-refractivity contribution is -0.279. The summed E-state index contributed by atoms with van der Waals surface area (Å²) in [7, 11) is -1.88. The zero-order valence-corrected chi connectivity index (χ0v) is 73.0. The summed E-state index contributed by atoms with van der Waals surface area (Å²) < 4.78 is 178. The van der Waals surface area contributed by atoms with E-state index in [1.54, 1.807) is 19.1 Å². The van der Waals surface area contributed by atoms with E-state index in [9.17, 15) is 71.7 Å². The summed E-state index contributed by atoms with van der Waals surface area (Å²) >= 11 is 0. The van der Waals surface area contributed by atoms with Crippen molar-refractivity contribution < 1.29 is 100 Å². The summed E-state index contributed by atoms with van der Waals surface area (Å²) in [5.74, 6) is 0.625. The number of ketones is 1. The highest BCUT2D eigenvalue weighted by atomic mass is 32.2. The van der Waals surface area contributed by atoms with Crippen LogP contribution in [0.1, 0.15) is 200 Å². The molecule has 19 rings (SSSR count). The third-order valence-corrected chi connectivity index (χ3v) is 34.3. The van der Waals surface area contributed by atoms with E-state index in [0.29, 0.717) is 91.9 Å². The largest absolute Gasteiger partial charge is 0.743 e. The second-order valence-electron chi connectivity index (χ2n) is 37.6. The Balaban J connectivity index is 0.000000139. The first-order valence-corrected chi connectivity index (χ1v) is 47.6. The van der Waals surface area contributed by atoms with Crippen LogP contribution in [0.3, 0.4) is 0 Å². The van der Waals surface area contributed by atoms with Crippen LogP contribution in [0.4, 0.5) is 39.5 Å². The summed E-state index contributed by atoms with van der Waals surface area (Å²) in [5.41, 5.74) is 0.814. The lowest BCUT2D eigenvalue weighted by Crippen LogP contribution is -2.54. The van der Waals surface area contributed by atoms with E-state index < -0.39 is 74.8 Å². The maximum atomic E-state index is 13.2. The van der Waals surface area contributed by atoms with Crippen LogP contribution < -0.4 is 9.47 Å². The van der Waals surface area contributed by atoms with Gasteiger partial charge in [0.2, 0.25) is 5.78 Å². The third-order valence-electron chi connectivity index (χ3n) is 25.7. The Morgan fingerprint density at radius 2 is 0.898 bits per heavy atom. The van der Waals surface area contributed by atoms with Crippen LogP contribution in [-0.2, 0) is 81.5 Å². The molecule has 118 heavy (non-hydrogen) atoms. The molecule has 5 aromatic carbocycles. The highest BCUT2D eigenvalue weighted by Crippen LogP contribution is 2.63. The normalized spacial score (nSPS) is 28.0. The summed E-state index contributed by atoms with van der Waals surface area (Å²) in [6.07, 6.45) is 11.0. The third kappa shape index (κ3) is 23.7. The molecule has 13 nitrogen and oxygen atoms in total. The van der Waals surface area contributed by atoms with Gasteiger partial charge < -0.3 is 33.0 Å². The van der Waals surface area contributed by atoms with Gasteiger partial charge in [-0.15, -0.1) is 0 Å². The topological polar surface area (TPSA) is 181 Å². The van der Waals surface area contributed by atoms with E-state index in [1.807, 2.05) is 36.4 Å². The van der Waals surface area contributed by atoms with Crippen molar-refractivity contribution in [1.82, 2.24) is 0 Å². The number of hydrogen-bond donors (Lipinski definition) is 0. The first kappa shape index (κ1) is 92.8. The summed E-state index contributed by atoms with van der Waals surface area (Å²) in [6.45, 7) is 14.2. The van der Waals surface area contributed by atoms with E-state index in [4.69, 9.17) is 18.9 Å². The minimum atomic E-state index is -5.81. The minimum absolute atomic E-state index is 0.0235. The Morgan fingerprint density at radius 1 is 0.508 bits per heavy atom. The first-order chi connectivity index (χ1) is 55.4. The SMILES string of the molecule is CC(C)(C)c1ccc([S+]2CCCC2)cc1.CC(F)(F)C(=O)OCC12CC3CC(CC(C3)C1)C2.CC(F)(F)C(OC(=O)C12CC3CC(CC(C3)C1)C2)C(F)(F)F.COc1ccc(C(=O)C([S+]2CCOCC2)C(C)(C)C)cc1.COc1ccc([S+](c2ccccc2)c2ccccc2)cc1.O=C(OCC(F)(F)S(=O)(=O)[O-])C12CC3CC(CC(C3)C1)C2. The van der Waals surface area contributed by atoms with Crippen molar-refractivity contribution in [3.05, 3.63) is 145 Å². The van der Waals surface area contributed by atoms with Crippen LogP contribution in [-0.4, -0.2) is 135 Å². The fraction of sp³-hybridized carbons (Fsp3) is 0.630. The van der Waals surface area contributed by atoms with E-state index in [0.717, 1.165) is 117 Å². The van der Waals surface area contributed by atoms with Gasteiger partial charge in [-0.1, -0.05) is 90.1 Å². The van der Waals surface area contributed by atoms with Crippen molar-refractivity contribution in [3.8, 4) is 11.5 Å². The molecular formula is C92H119F9O13S4+2. The average molecular weight is 1730 g/mol. The fourth-order valence-electron chi connectivity index (χ4n) is 21.6. The number of rotatable bonds is 19. The Kier molecular flexibility index (Phi) is 29.9. The molecule has 2 atom stereocenters. The Hall–Kier alpha value is -5.93. The second kappa shape index (κ2) is 38.0. The number of esters is 3. The van der Waals surface area contributed by atoms with Gasteiger partial charge >= 0.3 is 35.3 Å². The summed E-state index contributed by atoms with van der Waals surface area (Å²) in [5, 5.41) is -4.50. The van der Waals surface area contributed by atoms with E-state index >= 15 is 0 Å². The molecule has 14 aliphatic rings. The quantitative estimate of drug-likeness (QED) is 0.0190. The van der Waals surface area contributed by atoms with Crippen molar-refractivity contribution in [2.45, 2.75) is 243 Å². The maximum Gasteiger partial charge on any atom is 0.431 e. The molecule has 2 aliphatic heterocycles. The molecule has 0 N–H and O–H groups in total. The highest BCUT2D eigenvalue weighted by Gasteiger charge is 2.62. The molecular weight excluding hydrogens is 1610 g/mol. The smallest absolute Gasteiger partial charge is 0.431 e. The fourth-order valence-corrected chi connectivity index (χ4v) is 29.0. The number of methoxy groups -OCH3 is 2. The summed E-state index contributed by atoms with van der Waals surface area (Å²) in [6, 6.07) is 46.5. The van der Waals surface area contributed by atoms with Crippen LogP contribution in [0.5, 0.6) is 11.5 Å². The van der Waals surface area contributed by atoms with Crippen molar-refractivity contribution in [3.63, 3.8) is 0 Å². The molecule has 2 saturated heterocycles. The molecule has 12 bridgehead atoms. The van der Waals surface area contributed by atoms with Gasteiger partial charge in [0.05, 0.1) is 55.8 Å². The minimum Gasteiger partial charge on any atom is -0.743 e. The van der Waals surface area contributed by atoms with Gasteiger partial charge in [-0.3, -0.25) is 14.4 Å². The van der Waals surface area contributed by atoms with E-state index in [1.165, 1.54) is 63.9 Å². The monoisotopic (exact) mass is 1730 g/mol. The van der Waals surface area contributed by atoms with Gasteiger partial charge in [-0.2, -0.15) is 30.7 Å². The molecule has 0 amide bonds. The molecule has 0 aromatic heterocycles. The van der Waals surface area contributed by atoms with Crippen molar-refractivity contribution in [1.29, 1.82) is 0 Å². The van der Waals surface area contributed by atoms with Gasteiger partial charge in [-0.25, -0.2) is 22.0 Å². The predicted octanol–water partition coefficient (Wildman–Crippen LogP) is 21.1. The molecule has 14 fully saturated rings. The van der Waals surface area contributed by atoms with Gasteiger partial charge in [0.1, 0.15) is 34.5 Å². The van der Waals surface area contributed by atoms with Gasteiger partial charge in [0.15, 0.2) is 41.6 Å². The van der Waals surface area contributed by atoms with E-state index in [2.05, 4.69) is 148 Å². The number of halogens is 9. The van der Waals surface area contributed by atoms with Crippen LogP contribution in [0.2, 0.25) is 0 Å². The van der Waals surface area contributed by atoms with Gasteiger partial charge in [0.25, 0.3) is 12.0 Å². The van der Waals surface area contributed by atoms with Crippen LogP contribution in [0.25, 0.3) is 0 Å². The van der Waals surface area contributed by atoms with Crippen molar-refractivity contribution in [2.75, 3.05) is 63.7 Å². The zero-order valence-electron chi connectivity index (χ0n) is 69.7. The van der Waals surface area contributed by atoms with Crippen molar-refractivity contribution >= 4 is 66.5 Å². The van der Waals surface area contributed by atoms with Crippen LogP contribution in [0, 0.1) is 74.9 Å².